The summed E-state index contributed by atoms with van der Waals surface area (Å²) in [6.07, 6.45) is 1.95. The van der Waals surface area contributed by atoms with Gasteiger partial charge in [0, 0.05) is 24.1 Å². The number of amides is 1. The van der Waals surface area contributed by atoms with E-state index in [9.17, 15) is 4.79 Å². The van der Waals surface area contributed by atoms with Gasteiger partial charge in [-0.2, -0.15) is 0 Å². The number of hydrogen-bond acceptors (Lipinski definition) is 3. The molecule has 0 unspecified atom stereocenters. The van der Waals surface area contributed by atoms with Crippen molar-refractivity contribution >= 4 is 5.91 Å². The highest BCUT2D eigenvalue weighted by Gasteiger charge is 2.32. The molecular formula is C17H20N2O2. The smallest absolute Gasteiger partial charge is 0.254 e. The second-order valence-corrected chi connectivity index (χ2v) is 5.83. The average Bonchev–Trinajstić information content (AvgIpc) is 3.16. The molecule has 1 atom stereocenters. The van der Waals surface area contributed by atoms with E-state index in [0.29, 0.717) is 5.92 Å². The van der Waals surface area contributed by atoms with Crippen LogP contribution in [-0.2, 0) is 0 Å². The maximum Gasteiger partial charge on any atom is 0.254 e. The molecular weight excluding hydrogens is 264 g/mol. The molecule has 21 heavy (non-hydrogen) atoms. The summed E-state index contributed by atoms with van der Waals surface area (Å²) in [5.74, 6) is 1.27. The van der Waals surface area contributed by atoms with Gasteiger partial charge >= 0.3 is 0 Å². The maximum atomic E-state index is 12.6. The molecule has 0 radical (unpaired) electrons. The van der Waals surface area contributed by atoms with Gasteiger partial charge in [-0.3, -0.25) is 4.79 Å². The summed E-state index contributed by atoms with van der Waals surface area (Å²) in [5.41, 5.74) is 1.61. The third-order valence-electron chi connectivity index (χ3n) is 3.99. The van der Waals surface area contributed by atoms with Crippen molar-refractivity contribution in [2.24, 2.45) is 0 Å². The van der Waals surface area contributed by atoms with Gasteiger partial charge in [0.05, 0.1) is 6.04 Å². The summed E-state index contributed by atoms with van der Waals surface area (Å²) in [6, 6.07) is 11.5. The molecule has 0 spiro atoms. The SMILES string of the molecule is CC(C)c1cc([C@H]2CCCN2C(=O)c2ccccc2)no1. The molecule has 1 aromatic heterocycles. The molecule has 0 saturated carbocycles. The Balaban J connectivity index is 1.83. The number of aromatic nitrogens is 1. The normalized spacial score (nSPS) is 18.4. The highest BCUT2D eigenvalue weighted by Crippen LogP contribution is 2.33. The lowest BCUT2D eigenvalue weighted by Gasteiger charge is -2.23. The molecule has 0 bridgehead atoms. The first kappa shape index (κ1) is 13.9. The minimum atomic E-state index is 0.0361. The van der Waals surface area contributed by atoms with Crippen molar-refractivity contribution in [2.45, 2.75) is 38.6 Å². The number of likely N-dealkylation sites (tertiary alicyclic amines) is 1. The number of carbonyl (C=O) groups is 1. The Labute approximate surface area is 124 Å². The van der Waals surface area contributed by atoms with Crippen LogP contribution in [0, 0.1) is 0 Å². The molecule has 110 valence electrons. The third-order valence-corrected chi connectivity index (χ3v) is 3.99. The number of nitrogens with zero attached hydrogens (tertiary/aromatic N) is 2. The average molecular weight is 284 g/mol. The quantitative estimate of drug-likeness (QED) is 0.861. The van der Waals surface area contributed by atoms with Crippen LogP contribution in [0.3, 0.4) is 0 Å². The van der Waals surface area contributed by atoms with Crippen LogP contribution in [0.4, 0.5) is 0 Å². The van der Waals surface area contributed by atoms with E-state index in [2.05, 4.69) is 19.0 Å². The molecule has 1 aromatic carbocycles. The highest BCUT2D eigenvalue weighted by atomic mass is 16.5. The van der Waals surface area contributed by atoms with E-state index in [1.54, 1.807) is 0 Å². The molecule has 2 heterocycles. The van der Waals surface area contributed by atoms with E-state index < -0.39 is 0 Å². The molecule has 4 heteroatoms. The number of carbonyl (C=O) groups excluding carboxylic acids is 1. The van der Waals surface area contributed by atoms with Gasteiger partial charge in [-0.15, -0.1) is 0 Å². The van der Waals surface area contributed by atoms with E-state index in [1.807, 2.05) is 41.3 Å². The van der Waals surface area contributed by atoms with Crippen molar-refractivity contribution in [1.82, 2.24) is 10.1 Å². The van der Waals surface area contributed by atoms with Crippen molar-refractivity contribution in [3.63, 3.8) is 0 Å². The first-order chi connectivity index (χ1) is 10.2. The summed E-state index contributed by atoms with van der Waals surface area (Å²) >= 11 is 0. The van der Waals surface area contributed by atoms with Crippen molar-refractivity contribution in [3.8, 4) is 0 Å². The zero-order chi connectivity index (χ0) is 14.8. The maximum absolute atomic E-state index is 12.6. The molecule has 3 rings (SSSR count). The Bertz CT molecular complexity index is 619. The number of hydrogen-bond donors (Lipinski definition) is 0. The number of benzene rings is 1. The van der Waals surface area contributed by atoms with Crippen LogP contribution in [0.2, 0.25) is 0 Å². The summed E-state index contributed by atoms with van der Waals surface area (Å²) in [6.45, 7) is 4.93. The second kappa shape index (κ2) is 5.72. The van der Waals surface area contributed by atoms with Gasteiger partial charge < -0.3 is 9.42 Å². The lowest BCUT2D eigenvalue weighted by Crippen LogP contribution is -2.30. The van der Waals surface area contributed by atoms with Crippen molar-refractivity contribution in [1.29, 1.82) is 0 Å². The Morgan fingerprint density at radius 1 is 1.33 bits per heavy atom. The van der Waals surface area contributed by atoms with Crippen LogP contribution < -0.4 is 0 Å². The Morgan fingerprint density at radius 2 is 2.10 bits per heavy atom. The van der Waals surface area contributed by atoms with Gasteiger partial charge in [0.25, 0.3) is 5.91 Å². The minimum Gasteiger partial charge on any atom is -0.361 e. The van der Waals surface area contributed by atoms with Crippen LogP contribution in [0.5, 0.6) is 0 Å². The fourth-order valence-electron chi connectivity index (χ4n) is 2.80. The molecule has 0 N–H and O–H groups in total. The molecule has 1 saturated heterocycles. The molecule has 4 nitrogen and oxygen atoms in total. The van der Waals surface area contributed by atoms with Crippen LogP contribution in [0.25, 0.3) is 0 Å². The number of rotatable bonds is 3. The highest BCUT2D eigenvalue weighted by molar-refractivity contribution is 5.94. The van der Waals surface area contributed by atoms with Crippen LogP contribution in [0.15, 0.2) is 40.9 Å². The van der Waals surface area contributed by atoms with Crippen molar-refractivity contribution in [2.75, 3.05) is 6.54 Å². The van der Waals surface area contributed by atoms with Gasteiger partial charge in [0.15, 0.2) is 0 Å². The standard InChI is InChI=1S/C17H20N2O2/c1-12(2)16-11-14(18-21-16)15-9-6-10-19(15)17(20)13-7-4-3-5-8-13/h3-5,7-8,11-12,15H,6,9-10H2,1-2H3/t15-/m1/s1. The second-order valence-electron chi connectivity index (χ2n) is 5.83. The minimum absolute atomic E-state index is 0.0361. The lowest BCUT2D eigenvalue weighted by atomic mass is 10.1. The Morgan fingerprint density at radius 3 is 2.76 bits per heavy atom. The fraction of sp³-hybridized carbons (Fsp3) is 0.412. The van der Waals surface area contributed by atoms with Gasteiger partial charge in [-0.25, -0.2) is 0 Å². The van der Waals surface area contributed by atoms with E-state index >= 15 is 0 Å². The molecule has 1 amide bonds. The Hall–Kier alpha value is -2.10. The molecule has 0 aliphatic carbocycles. The summed E-state index contributed by atoms with van der Waals surface area (Å²) in [5, 5.41) is 4.18. The molecule has 1 aliphatic rings. The largest absolute Gasteiger partial charge is 0.361 e. The van der Waals surface area contributed by atoms with E-state index in [-0.39, 0.29) is 11.9 Å². The third kappa shape index (κ3) is 2.71. The first-order valence-corrected chi connectivity index (χ1v) is 7.49. The predicted octanol–water partition coefficient (Wildman–Crippen LogP) is 3.78. The monoisotopic (exact) mass is 284 g/mol. The van der Waals surface area contributed by atoms with Gasteiger partial charge in [-0.05, 0) is 25.0 Å². The Kier molecular flexibility index (Phi) is 3.78. The van der Waals surface area contributed by atoms with E-state index in [1.165, 1.54) is 0 Å². The molecule has 1 fully saturated rings. The van der Waals surface area contributed by atoms with Gasteiger partial charge in [0.1, 0.15) is 11.5 Å². The topological polar surface area (TPSA) is 46.3 Å². The van der Waals surface area contributed by atoms with E-state index in [0.717, 1.165) is 36.4 Å². The zero-order valence-corrected chi connectivity index (χ0v) is 12.5. The first-order valence-electron chi connectivity index (χ1n) is 7.49. The van der Waals surface area contributed by atoms with Gasteiger partial charge in [0.2, 0.25) is 0 Å². The van der Waals surface area contributed by atoms with Crippen molar-refractivity contribution in [3.05, 3.63) is 53.4 Å². The summed E-state index contributed by atoms with van der Waals surface area (Å²) in [7, 11) is 0. The fourth-order valence-corrected chi connectivity index (χ4v) is 2.80. The van der Waals surface area contributed by atoms with Crippen molar-refractivity contribution < 1.29 is 9.32 Å². The molecule has 1 aliphatic heterocycles. The lowest BCUT2D eigenvalue weighted by molar-refractivity contribution is 0.0731. The summed E-state index contributed by atoms with van der Waals surface area (Å²) in [4.78, 5) is 14.6. The van der Waals surface area contributed by atoms with Crippen LogP contribution >= 0.6 is 0 Å². The van der Waals surface area contributed by atoms with E-state index in [4.69, 9.17) is 4.52 Å². The zero-order valence-electron chi connectivity index (χ0n) is 12.5. The molecule has 2 aromatic rings. The van der Waals surface area contributed by atoms with Crippen LogP contribution in [-0.4, -0.2) is 22.5 Å². The predicted molar refractivity (Wildman–Crippen MR) is 80.0 cm³/mol. The van der Waals surface area contributed by atoms with Crippen LogP contribution in [0.1, 0.15) is 60.5 Å². The van der Waals surface area contributed by atoms with Gasteiger partial charge in [-0.1, -0.05) is 37.2 Å². The summed E-state index contributed by atoms with van der Waals surface area (Å²) < 4.78 is 5.38.